The maximum absolute atomic E-state index is 13.7. The van der Waals surface area contributed by atoms with Crippen molar-refractivity contribution >= 4 is 96.1 Å². The molecule has 0 bridgehead atoms. The summed E-state index contributed by atoms with van der Waals surface area (Å²) in [5.41, 5.74) is 33.4. The van der Waals surface area contributed by atoms with Gasteiger partial charge in [0.05, 0.1) is 68.0 Å². The second-order valence-electron chi connectivity index (χ2n) is 19.0. The smallest absolute Gasteiger partial charge is 0.335 e. The molecule has 8 aromatic rings. The molecule has 4 aromatic carbocycles. The Bertz CT molecular complexity index is 3710. The van der Waals surface area contributed by atoms with Crippen LogP contribution in [0.25, 0.3) is 22.3 Å². The molecule has 0 saturated carbocycles. The standard InChI is InChI=1S/C28H34N9O5P.C15H15N7O2.C13H21N2O4P/c1-4-41-27(39)18(2)36-43(40,42-22-8-6-5-7-9-22)15-14-31-26(38)19-10-12-21(13-11-19)37(3)17-20-16-32-25-23(33-20)24(29)34-28(30)35-25;1-22(10-4-2-8(3-5-10)14(23)24)7-9-6-18-13-11(19-9)12(16)20-15(17)21-13;1-3-18-13(16)11(2)15-20(17,10-9-14)19-12-7-5-4-6-8-12/h5-13,16,18H,4,14-15,17H2,1-3H3,(H,31,38)(H,36,40)(H4,29,30,32,34,35);2-6H,7H2,1H3,(H,23,24)(H4,16,17,18,20,21);4-8,11H,3,9-10,14H2,1-2H3,(H,15,17)/t18-,43?;;11-,20?/m0.0/s1. The van der Waals surface area contributed by atoms with Crippen molar-refractivity contribution in [3.63, 3.8) is 0 Å². The summed E-state index contributed by atoms with van der Waals surface area (Å²) in [6.07, 6.45) is 3.25. The van der Waals surface area contributed by atoms with Crippen LogP contribution in [0.4, 0.5) is 34.9 Å². The summed E-state index contributed by atoms with van der Waals surface area (Å²) in [7, 11) is -3.12. The fraction of sp³-hybridized carbons (Fsp3) is 0.286. The number of benzene rings is 4. The Kier molecular flexibility index (Phi) is 24.0. The summed E-state index contributed by atoms with van der Waals surface area (Å²) < 4.78 is 47.5. The molecule has 29 nitrogen and oxygen atoms in total. The highest BCUT2D eigenvalue weighted by Crippen LogP contribution is 2.44. The molecule has 4 heterocycles. The number of carbonyl (C=O) groups is 4. The molecule has 0 spiro atoms. The van der Waals surface area contributed by atoms with E-state index >= 15 is 0 Å². The van der Waals surface area contributed by atoms with Crippen molar-refractivity contribution in [1.82, 2.24) is 55.4 Å². The van der Waals surface area contributed by atoms with Crippen LogP contribution in [0.3, 0.4) is 0 Å². The third kappa shape index (κ3) is 20.0. The van der Waals surface area contributed by atoms with Gasteiger partial charge in [0.15, 0.2) is 34.0 Å². The molecule has 0 radical (unpaired) electrons. The van der Waals surface area contributed by atoms with E-state index in [9.17, 15) is 28.3 Å². The van der Waals surface area contributed by atoms with Gasteiger partial charge in [0.25, 0.3) is 5.91 Å². The summed E-state index contributed by atoms with van der Waals surface area (Å²) in [6.45, 7) is 8.07. The molecule has 2 unspecified atom stereocenters. The minimum atomic E-state index is -3.60. The van der Waals surface area contributed by atoms with E-state index in [0.29, 0.717) is 63.9 Å². The Morgan fingerprint density at radius 3 is 1.37 bits per heavy atom. The highest BCUT2D eigenvalue weighted by Gasteiger charge is 2.31. The van der Waals surface area contributed by atoms with Gasteiger partial charge in [-0.1, -0.05) is 36.4 Å². The van der Waals surface area contributed by atoms with Crippen LogP contribution in [0.5, 0.6) is 11.5 Å². The van der Waals surface area contributed by atoms with Gasteiger partial charge in [-0.05, 0) is 100 Å². The second-order valence-corrected chi connectivity index (χ2v) is 23.4. The number of nitrogens with zero attached hydrogens (tertiary/aromatic N) is 10. The Balaban J connectivity index is 0.000000231. The fourth-order valence-electron chi connectivity index (χ4n) is 7.91. The molecular formula is C56H70N18O11P2. The zero-order valence-electron chi connectivity index (χ0n) is 48.6. The lowest BCUT2D eigenvalue weighted by molar-refractivity contribution is -0.145. The number of hydrogen-bond donors (Lipinski definition) is 9. The van der Waals surface area contributed by atoms with Crippen LogP contribution in [0.1, 0.15) is 59.8 Å². The Morgan fingerprint density at radius 1 is 0.575 bits per heavy atom. The minimum Gasteiger partial charge on any atom is -0.478 e. The van der Waals surface area contributed by atoms with Crippen LogP contribution in [0, 0.1) is 0 Å². The largest absolute Gasteiger partial charge is 0.478 e. The van der Waals surface area contributed by atoms with Crippen molar-refractivity contribution in [2.75, 3.05) is 85.5 Å². The number of ether oxygens (including phenoxy) is 2. The fourth-order valence-corrected chi connectivity index (χ4v) is 11.5. The predicted octanol–water partition coefficient (Wildman–Crippen LogP) is 5.44. The van der Waals surface area contributed by atoms with E-state index in [-0.39, 0.29) is 73.6 Å². The van der Waals surface area contributed by atoms with E-state index in [4.69, 9.17) is 52.3 Å². The number of carbonyl (C=O) groups excluding carboxylic acids is 3. The maximum Gasteiger partial charge on any atom is 0.335 e. The molecule has 1 amide bonds. The van der Waals surface area contributed by atoms with Crippen molar-refractivity contribution in [1.29, 1.82) is 0 Å². The molecule has 460 valence electrons. The molecule has 14 N–H and O–H groups in total. The first-order valence-electron chi connectivity index (χ1n) is 27.0. The topological polar surface area (TPSA) is 435 Å². The van der Waals surface area contributed by atoms with Crippen LogP contribution < -0.4 is 63.0 Å². The van der Waals surface area contributed by atoms with Crippen LogP contribution in [0.2, 0.25) is 0 Å². The number of nitrogens with one attached hydrogen (secondary N) is 3. The van der Waals surface area contributed by atoms with Crippen molar-refractivity contribution in [2.45, 2.75) is 52.9 Å². The number of carboxylic acids is 1. The summed E-state index contributed by atoms with van der Waals surface area (Å²) in [5.74, 6) is -1.08. The summed E-state index contributed by atoms with van der Waals surface area (Å²) in [6, 6.07) is 29.3. The van der Waals surface area contributed by atoms with Gasteiger partial charge in [0.2, 0.25) is 11.9 Å². The number of rotatable bonds is 25. The number of fused-ring (bicyclic) bond motifs is 2. The van der Waals surface area contributed by atoms with E-state index in [2.05, 4.69) is 55.4 Å². The van der Waals surface area contributed by atoms with Gasteiger partial charge in [0, 0.05) is 44.1 Å². The number of aromatic nitrogens is 8. The summed E-state index contributed by atoms with van der Waals surface area (Å²) in [5, 5.41) is 17.2. The minimum absolute atomic E-state index is 0.0306. The number of para-hydroxylation sites is 2. The SMILES string of the molecule is CCOC(=O)[C@H](C)NP(=O)(CCN)Oc1ccccc1.CCOC(=O)[C@H](C)NP(=O)(CCNC(=O)c1ccc(N(C)Cc2cnc3nc(N)nc(N)c3n2)cc1)Oc1ccccc1.CN(Cc1cnc2nc(N)nc(N)c2n1)c1ccc(C(=O)O)cc1. The van der Waals surface area contributed by atoms with E-state index in [0.717, 1.165) is 11.4 Å². The lowest BCUT2D eigenvalue weighted by atomic mass is 10.2. The van der Waals surface area contributed by atoms with Gasteiger partial charge < -0.3 is 67.4 Å². The van der Waals surface area contributed by atoms with Gasteiger partial charge in [0.1, 0.15) is 23.6 Å². The number of hydrogen-bond acceptors (Lipinski definition) is 25. The van der Waals surface area contributed by atoms with E-state index in [1.807, 2.05) is 30.0 Å². The Labute approximate surface area is 501 Å². The van der Waals surface area contributed by atoms with Crippen molar-refractivity contribution in [2.24, 2.45) is 5.73 Å². The first-order valence-corrected chi connectivity index (χ1v) is 30.6. The van der Waals surface area contributed by atoms with Crippen LogP contribution in [-0.2, 0) is 41.3 Å². The molecule has 0 aliphatic rings. The Hall–Kier alpha value is -9.66. The van der Waals surface area contributed by atoms with Crippen LogP contribution in [-0.4, -0.2) is 134 Å². The molecule has 87 heavy (non-hydrogen) atoms. The molecule has 0 fully saturated rings. The molecule has 31 heteroatoms. The molecular weight excluding hydrogens is 1160 g/mol. The Morgan fingerprint density at radius 2 is 0.977 bits per heavy atom. The third-order valence-electron chi connectivity index (χ3n) is 12.1. The summed E-state index contributed by atoms with van der Waals surface area (Å²) in [4.78, 5) is 84.6. The van der Waals surface area contributed by atoms with Crippen LogP contribution >= 0.6 is 15.0 Å². The second kappa shape index (κ2) is 31.5. The number of aromatic carboxylic acids is 1. The van der Waals surface area contributed by atoms with Crippen LogP contribution in [0.15, 0.2) is 122 Å². The first kappa shape index (κ1) is 66.5. The van der Waals surface area contributed by atoms with Gasteiger partial charge in [-0.2, -0.15) is 19.9 Å². The molecule has 8 rings (SSSR count). The average Bonchev–Trinajstić information content (AvgIpc) is 3.10. The lowest BCUT2D eigenvalue weighted by Gasteiger charge is -2.23. The number of carboxylic acid groups (broad SMARTS) is 1. The van der Waals surface area contributed by atoms with Gasteiger partial charge in [-0.3, -0.25) is 23.5 Å². The lowest BCUT2D eigenvalue weighted by Crippen LogP contribution is -2.37. The number of anilines is 6. The average molecular weight is 1230 g/mol. The van der Waals surface area contributed by atoms with E-state index in [1.54, 1.807) is 143 Å². The molecule has 0 aliphatic carbocycles. The number of nitrogens with two attached hydrogens (primary N) is 5. The molecule has 0 saturated heterocycles. The van der Waals surface area contributed by atoms with Crippen molar-refractivity contribution in [3.8, 4) is 11.5 Å². The molecule has 4 atom stereocenters. The van der Waals surface area contributed by atoms with Gasteiger partial charge in [-0.15, -0.1) is 0 Å². The van der Waals surface area contributed by atoms with Crippen molar-refractivity contribution in [3.05, 3.63) is 144 Å². The van der Waals surface area contributed by atoms with Crippen molar-refractivity contribution < 1.29 is 51.9 Å². The molecule has 4 aromatic heterocycles. The quantitative estimate of drug-likeness (QED) is 0.0254. The number of esters is 2. The monoisotopic (exact) mass is 1230 g/mol. The highest BCUT2D eigenvalue weighted by atomic mass is 31.2. The van der Waals surface area contributed by atoms with E-state index in [1.165, 1.54) is 0 Å². The summed E-state index contributed by atoms with van der Waals surface area (Å²) >= 11 is 0. The normalized spacial score (nSPS) is 12.9. The van der Waals surface area contributed by atoms with Gasteiger partial charge >= 0.3 is 32.9 Å². The predicted molar refractivity (Wildman–Crippen MR) is 331 cm³/mol. The number of nitrogen functional groups attached to an aromatic ring is 4. The molecule has 0 aliphatic heterocycles. The van der Waals surface area contributed by atoms with E-state index < -0.39 is 45.0 Å². The first-order chi connectivity index (χ1) is 41.5. The highest BCUT2D eigenvalue weighted by molar-refractivity contribution is 7.57. The maximum atomic E-state index is 13.7. The van der Waals surface area contributed by atoms with Gasteiger partial charge in [-0.25, -0.2) is 34.9 Å². The zero-order chi connectivity index (χ0) is 63.3. The third-order valence-corrected chi connectivity index (χ3v) is 16.3. The number of amides is 1. The zero-order valence-corrected chi connectivity index (χ0v) is 50.4.